The predicted octanol–water partition coefficient (Wildman–Crippen LogP) is 3.52. The Morgan fingerprint density at radius 1 is 0.920 bits per heavy atom. The molecule has 6 heteroatoms. The summed E-state index contributed by atoms with van der Waals surface area (Å²) in [5.74, 6) is 0.292. The van der Waals surface area contributed by atoms with Crippen LogP contribution in [-0.2, 0) is 16.6 Å². The number of nitrogens with zero attached hydrogens (tertiary/aromatic N) is 2. The van der Waals surface area contributed by atoms with Crippen LogP contribution >= 0.6 is 0 Å². The quantitative estimate of drug-likeness (QED) is 0.736. The molecule has 0 saturated carbocycles. The van der Waals surface area contributed by atoms with Gasteiger partial charge >= 0.3 is 0 Å². The maximum absolute atomic E-state index is 12.3. The van der Waals surface area contributed by atoms with Crippen molar-refractivity contribution in [3.05, 3.63) is 84.6 Å². The molecule has 0 bridgehead atoms. The van der Waals surface area contributed by atoms with Gasteiger partial charge < -0.3 is 4.90 Å². The lowest BCUT2D eigenvalue weighted by molar-refractivity contribution is 0.601. The minimum atomic E-state index is -3.62. The average molecular weight is 353 g/mol. The van der Waals surface area contributed by atoms with Crippen LogP contribution in [0.3, 0.4) is 0 Å². The van der Waals surface area contributed by atoms with Gasteiger partial charge in [-0.1, -0.05) is 48.5 Å². The Bertz CT molecular complexity index is 912. The third-order valence-corrected chi connectivity index (χ3v) is 5.11. The van der Waals surface area contributed by atoms with Crippen molar-refractivity contribution < 1.29 is 8.42 Å². The van der Waals surface area contributed by atoms with Gasteiger partial charge in [-0.2, -0.15) is 0 Å². The van der Waals surface area contributed by atoms with Gasteiger partial charge in [-0.05, 0) is 29.8 Å². The van der Waals surface area contributed by atoms with Gasteiger partial charge in [0.25, 0.3) is 10.0 Å². The van der Waals surface area contributed by atoms with Gasteiger partial charge in [-0.25, -0.2) is 13.4 Å². The Hall–Kier alpha value is -2.86. The molecule has 25 heavy (non-hydrogen) atoms. The lowest BCUT2D eigenvalue weighted by Crippen LogP contribution is -2.17. The summed E-state index contributed by atoms with van der Waals surface area (Å²) in [5.41, 5.74) is 2.10. The third kappa shape index (κ3) is 4.36. The number of aromatic nitrogens is 1. The minimum absolute atomic E-state index is 0.210. The maximum atomic E-state index is 12.3. The van der Waals surface area contributed by atoms with Crippen LogP contribution in [0.2, 0.25) is 0 Å². The first-order valence-corrected chi connectivity index (χ1v) is 9.32. The van der Waals surface area contributed by atoms with Gasteiger partial charge in [0.15, 0.2) is 0 Å². The molecule has 0 saturated heterocycles. The summed E-state index contributed by atoms with van der Waals surface area (Å²) >= 11 is 0. The predicted molar refractivity (Wildman–Crippen MR) is 100 cm³/mol. The molecule has 3 aromatic rings. The van der Waals surface area contributed by atoms with Crippen LogP contribution in [0.5, 0.6) is 0 Å². The van der Waals surface area contributed by atoms with Gasteiger partial charge in [-0.3, -0.25) is 4.72 Å². The zero-order valence-corrected chi connectivity index (χ0v) is 14.6. The summed E-state index contributed by atoms with van der Waals surface area (Å²) in [7, 11) is -1.65. The molecular formula is C19H19N3O2S. The molecule has 2 aromatic carbocycles. The summed E-state index contributed by atoms with van der Waals surface area (Å²) in [6.45, 7) is 0.748. The first-order chi connectivity index (χ1) is 12.0. The highest BCUT2D eigenvalue weighted by atomic mass is 32.2. The van der Waals surface area contributed by atoms with Crippen molar-refractivity contribution >= 4 is 21.5 Å². The van der Waals surface area contributed by atoms with E-state index in [4.69, 9.17) is 0 Å². The minimum Gasteiger partial charge on any atom is -0.369 e. The molecule has 0 radical (unpaired) electrons. The third-order valence-electron chi connectivity index (χ3n) is 3.74. The number of sulfonamides is 1. The van der Waals surface area contributed by atoms with E-state index in [1.165, 1.54) is 5.56 Å². The molecular weight excluding hydrogens is 334 g/mol. The van der Waals surface area contributed by atoms with E-state index in [2.05, 4.69) is 26.7 Å². The molecule has 3 rings (SSSR count). The Balaban J connectivity index is 1.70. The largest absolute Gasteiger partial charge is 0.369 e. The van der Waals surface area contributed by atoms with Crippen LogP contribution in [0.25, 0.3) is 0 Å². The van der Waals surface area contributed by atoms with Crippen LogP contribution < -0.4 is 9.62 Å². The topological polar surface area (TPSA) is 62.3 Å². The fraction of sp³-hybridized carbons (Fsp3) is 0.105. The number of nitrogens with one attached hydrogen (secondary N) is 1. The van der Waals surface area contributed by atoms with E-state index in [9.17, 15) is 8.42 Å². The van der Waals surface area contributed by atoms with Crippen molar-refractivity contribution in [1.29, 1.82) is 0 Å². The lowest BCUT2D eigenvalue weighted by atomic mass is 10.2. The van der Waals surface area contributed by atoms with E-state index in [-0.39, 0.29) is 4.90 Å². The SMILES string of the molecule is CN(Cc1ccccc1)c1ccc(NS(=O)(=O)c2ccccc2)nc1. The van der Waals surface area contributed by atoms with Gasteiger partial charge in [0.2, 0.25) is 0 Å². The van der Waals surface area contributed by atoms with E-state index in [0.29, 0.717) is 5.82 Å². The molecule has 0 spiro atoms. The molecule has 128 valence electrons. The van der Waals surface area contributed by atoms with Crippen LogP contribution in [-0.4, -0.2) is 20.4 Å². The molecule has 1 aromatic heterocycles. The normalized spacial score (nSPS) is 11.1. The van der Waals surface area contributed by atoms with Crippen LogP contribution in [0, 0.1) is 0 Å². The Labute approximate surface area is 148 Å². The summed E-state index contributed by atoms with van der Waals surface area (Å²) in [4.78, 5) is 6.48. The Morgan fingerprint density at radius 3 is 2.16 bits per heavy atom. The fourth-order valence-electron chi connectivity index (χ4n) is 2.42. The van der Waals surface area contributed by atoms with Gasteiger partial charge in [0.1, 0.15) is 5.82 Å². The van der Waals surface area contributed by atoms with Crippen LogP contribution in [0.1, 0.15) is 5.56 Å². The molecule has 0 atom stereocenters. The highest BCUT2D eigenvalue weighted by molar-refractivity contribution is 7.92. The second kappa shape index (κ2) is 7.36. The highest BCUT2D eigenvalue weighted by Gasteiger charge is 2.14. The second-order valence-corrected chi connectivity index (χ2v) is 7.34. The molecule has 0 fully saturated rings. The smallest absolute Gasteiger partial charge is 0.263 e. The van der Waals surface area contributed by atoms with Crippen molar-refractivity contribution in [2.75, 3.05) is 16.7 Å². The average Bonchev–Trinajstić information content (AvgIpc) is 2.63. The summed E-state index contributed by atoms with van der Waals surface area (Å²) < 4.78 is 27.1. The van der Waals surface area contributed by atoms with Crippen molar-refractivity contribution in [1.82, 2.24) is 4.98 Å². The van der Waals surface area contributed by atoms with Crippen molar-refractivity contribution in [3.8, 4) is 0 Å². The molecule has 0 unspecified atom stereocenters. The Kier molecular flexibility index (Phi) is 5.00. The standard InChI is InChI=1S/C19H19N3O2S/c1-22(15-16-8-4-2-5-9-16)17-12-13-19(20-14-17)21-25(23,24)18-10-6-3-7-11-18/h2-14H,15H2,1H3,(H,20,21). The maximum Gasteiger partial charge on any atom is 0.263 e. The zero-order chi connectivity index (χ0) is 17.7. The summed E-state index contributed by atoms with van der Waals surface area (Å²) in [6, 6.07) is 21.9. The van der Waals surface area contributed by atoms with E-state index >= 15 is 0 Å². The van der Waals surface area contributed by atoms with E-state index < -0.39 is 10.0 Å². The monoisotopic (exact) mass is 353 g/mol. The Morgan fingerprint density at radius 2 is 1.56 bits per heavy atom. The van der Waals surface area contributed by atoms with E-state index in [0.717, 1.165) is 12.2 Å². The molecule has 0 aliphatic heterocycles. The number of hydrogen-bond donors (Lipinski definition) is 1. The van der Waals surface area contributed by atoms with Crippen LogP contribution in [0.15, 0.2) is 83.9 Å². The van der Waals surface area contributed by atoms with Crippen molar-refractivity contribution in [2.24, 2.45) is 0 Å². The molecule has 0 amide bonds. The van der Waals surface area contributed by atoms with Gasteiger partial charge in [0.05, 0.1) is 16.8 Å². The van der Waals surface area contributed by atoms with Crippen molar-refractivity contribution in [2.45, 2.75) is 11.4 Å². The number of rotatable bonds is 6. The van der Waals surface area contributed by atoms with Gasteiger partial charge in [-0.15, -0.1) is 0 Å². The van der Waals surface area contributed by atoms with E-state index in [1.54, 1.807) is 42.6 Å². The summed E-state index contributed by atoms with van der Waals surface area (Å²) in [5, 5.41) is 0. The zero-order valence-electron chi connectivity index (χ0n) is 13.8. The second-order valence-electron chi connectivity index (χ2n) is 5.66. The molecule has 1 heterocycles. The van der Waals surface area contributed by atoms with Crippen LogP contribution in [0.4, 0.5) is 11.5 Å². The summed E-state index contributed by atoms with van der Waals surface area (Å²) in [6.07, 6.45) is 1.66. The molecule has 0 aliphatic rings. The molecule has 0 aliphatic carbocycles. The number of benzene rings is 2. The molecule has 1 N–H and O–H groups in total. The molecule has 5 nitrogen and oxygen atoms in total. The van der Waals surface area contributed by atoms with E-state index in [1.807, 2.05) is 31.3 Å². The first-order valence-electron chi connectivity index (χ1n) is 7.83. The number of anilines is 2. The highest BCUT2D eigenvalue weighted by Crippen LogP contribution is 2.18. The number of hydrogen-bond acceptors (Lipinski definition) is 4. The first kappa shape index (κ1) is 17.0. The lowest BCUT2D eigenvalue weighted by Gasteiger charge is -2.19. The van der Waals surface area contributed by atoms with Gasteiger partial charge in [0, 0.05) is 13.6 Å². The fourth-order valence-corrected chi connectivity index (χ4v) is 3.45. The van der Waals surface area contributed by atoms with Crippen molar-refractivity contribution in [3.63, 3.8) is 0 Å². The number of pyridine rings is 1.